The molecular weight excluding hydrogens is 432 g/mol. The number of nitrogens with one attached hydrogen (secondary N) is 1. The van der Waals surface area contributed by atoms with Crippen LogP contribution in [0.1, 0.15) is 35.6 Å². The fraction of sp³-hybridized carbons (Fsp3) is 0.370. The summed E-state index contributed by atoms with van der Waals surface area (Å²) in [6.45, 7) is 5.35. The molecule has 1 aromatic heterocycles. The maximum absolute atomic E-state index is 13.2. The van der Waals surface area contributed by atoms with Gasteiger partial charge >= 0.3 is 0 Å². The highest BCUT2D eigenvalue weighted by Gasteiger charge is 2.28. The average molecular weight is 465 g/mol. The zero-order valence-corrected chi connectivity index (χ0v) is 20.1. The van der Waals surface area contributed by atoms with E-state index in [-0.39, 0.29) is 17.9 Å². The Hall–Kier alpha value is -2.83. The number of aryl methyl sites for hydroxylation is 1. The molecule has 5 nitrogen and oxygen atoms in total. The van der Waals surface area contributed by atoms with Crippen LogP contribution in [0.2, 0.25) is 0 Å². The van der Waals surface area contributed by atoms with E-state index in [2.05, 4.69) is 46.1 Å². The van der Waals surface area contributed by atoms with E-state index in [0.717, 1.165) is 55.1 Å². The van der Waals surface area contributed by atoms with Gasteiger partial charge in [0.05, 0.1) is 13.2 Å². The van der Waals surface area contributed by atoms with Crippen LogP contribution in [0.15, 0.2) is 65.4 Å². The highest BCUT2D eigenvalue weighted by molar-refractivity contribution is 7.08. The SMILES string of the molecule is COc1ccccc1OCCN1CCC(C(=O)NC(c2ccsc2)c2ccccc2C)CC1. The van der Waals surface area contributed by atoms with E-state index in [9.17, 15) is 4.79 Å². The van der Waals surface area contributed by atoms with Crippen LogP contribution in [0.4, 0.5) is 0 Å². The van der Waals surface area contributed by atoms with Gasteiger partial charge in [0, 0.05) is 12.5 Å². The van der Waals surface area contributed by atoms with Crippen molar-refractivity contribution in [2.75, 3.05) is 33.4 Å². The number of hydrogen-bond acceptors (Lipinski definition) is 5. The molecule has 0 saturated carbocycles. The summed E-state index contributed by atoms with van der Waals surface area (Å²) in [4.78, 5) is 15.6. The number of amides is 1. The number of carbonyl (C=O) groups is 1. The van der Waals surface area contributed by atoms with E-state index in [1.165, 1.54) is 5.56 Å². The van der Waals surface area contributed by atoms with Crippen LogP contribution in [-0.2, 0) is 4.79 Å². The molecule has 1 N–H and O–H groups in total. The summed E-state index contributed by atoms with van der Waals surface area (Å²) in [5.74, 6) is 1.72. The highest BCUT2D eigenvalue weighted by atomic mass is 32.1. The molecule has 1 fully saturated rings. The van der Waals surface area contributed by atoms with Crippen molar-refractivity contribution in [3.63, 3.8) is 0 Å². The third-order valence-corrected chi connectivity index (χ3v) is 7.06. The van der Waals surface area contributed by atoms with Gasteiger partial charge in [0.2, 0.25) is 5.91 Å². The highest BCUT2D eigenvalue weighted by Crippen LogP contribution is 2.28. The summed E-state index contributed by atoms with van der Waals surface area (Å²) in [6.07, 6.45) is 1.73. The van der Waals surface area contributed by atoms with Gasteiger partial charge < -0.3 is 14.8 Å². The third-order valence-electron chi connectivity index (χ3n) is 6.36. The van der Waals surface area contributed by atoms with E-state index in [0.29, 0.717) is 6.61 Å². The molecule has 2 heterocycles. The van der Waals surface area contributed by atoms with Crippen molar-refractivity contribution in [3.05, 3.63) is 82.0 Å². The zero-order valence-electron chi connectivity index (χ0n) is 19.3. The molecule has 1 aliphatic heterocycles. The Morgan fingerprint density at radius 1 is 1.09 bits per heavy atom. The van der Waals surface area contributed by atoms with Crippen molar-refractivity contribution in [2.45, 2.75) is 25.8 Å². The quantitative estimate of drug-likeness (QED) is 0.481. The number of likely N-dealkylation sites (tertiary alicyclic amines) is 1. The van der Waals surface area contributed by atoms with E-state index >= 15 is 0 Å². The minimum atomic E-state index is -0.0998. The van der Waals surface area contributed by atoms with Crippen LogP contribution in [0.3, 0.4) is 0 Å². The smallest absolute Gasteiger partial charge is 0.223 e. The van der Waals surface area contributed by atoms with Gasteiger partial charge in [-0.1, -0.05) is 36.4 Å². The van der Waals surface area contributed by atoms with Crippen LogP contribution in [0.5, 0.6) is 11.5 Å². The first-order valence-electron chi connectivity index (χ1n) is 11.5. The lowest BCUT2D eigenvalue weighted by atomic mass is 9.93. The first-order valence-corrected chi connectivity index (χ1v) is 12.5. The minimum absolute atomic E-state index is 0.0431. The average Bonchev–Trinajstić information content (AvgIpc) is 3.38. The second-order valence-corrected chi connectivity index (χ2v) is 9.25. The predicted molar refractivity (Wildman–Crippen MR) is 133 cm³/mol. The minimum Gasteiger partial charge on any atom is -0.493 e. The molecule has 4 rings (SSSR count). The number of methoxy groups -OCH3 is 1. The van der Waals surface area contributed by atoms with Crippen LogP contribution in [-0.4, -0.2) is 44.2 Å². The van der Waals surface area contributed by atoms with E-state index in [1.807, 2.05) is 36.4 Å². The number of hydrogen-bond donors (Lipinski definition) is 1. The number of ether oxygens (including phenoxy) is 2. The second-order valence-electron chi connectivity index (χ2n) is 8.47. The molecule has 0 aliphatic carbocycles. The fourth-order valence-electron chi connectivity index (χ4n) is 4.39. The van der Waals surface area contributed by atoms with Crippen molar-refractivity contribution in [1.82, 2.24) is 10.2 Å². The van der Waals surface area contributed by atoms with Gasteiger partial charge in [-0.3, -0.25) is 9.69 Å². The molecule has 1 saturated heterocycles. The number of rotatable bonds is 9. The summed E-state index contributed by atoms with van der Waals surface area (Å²) in [5.41, 5.74) is 3.50. The second kappa shape index (κ2) is 11.3. The Balaban J connectivity index is 1.29. The number of benzene rings is 2. The topological polar surface area (TPSA) is 50.8 Å². The number of carbonyl (C=O) groups excluding carboxylic acids is 1. The van der Waals surface area contributed by atoms with Gasteiger partial charge in [-0.05, 0) is 78.5 Å². The number of para-hydroxylation sites is 2. The first kappa shape index (κ1) is 23.3. The van der Waals surface area contributed by atoms with Crippen LogP contribution in [0.25, 0.3) is 0 Å². The van der Waals surface area contributed by atoms with E-state index < -0.39 is 0 Å². The van der Waals surface area contributed by atoms with Gasteiger partial charge in [-0.2, -0.15) is 11.3 Å². The summed E-state index contributed by atoms with van der Waals surface area (Å²) in [5, 5.41) is 7.54. The lowest BCUT2D eigenvalue weighted by Gasteiger charge is -2.32. The molecule has 1 amide bonds. The van der Waals surface area contributed by atoms with E-state index in [1.54, 1.807) is 18.4 Å². The number of piperidine rings is 1. The normalized spacial score (nSPS) is 15.7. The summed E-state index contributed by atoms with van der Waals surface area (Å²) < 4.78 is 11.3. The van der Waals surface area contributed by atoms with Crippen molar-refractivity contribution in [3.8, 4) is 11.5 Å². The maximum Gasteiger partial charge on any atom is 0.223 e. The Labute approximate surface area is 200 Å². The van der Waals surface area contributed by atoms with Crippen LogP contribution < -0.4 is 14.8 Å². The Morgan fingerprint density at radius 3 is 2.52 bits per heavy atom. The Morgan fingerprint density at radius 2 is 1.82 bits per heavy atom. The third kappa shape index (κ3) is 5.95. The van der Waals surface area contributed by atoms with Gasteiger partial charge in [0.15, 0.2) is 11.5 Å². The van der Waals surface area contributed by atoms with E-state index in [4.69, 9.17) is 9.47 Å². The molecule has 3 aromatic rings. The summed E-state index contributed by atoms with van der Waals surface area (Å²) in [6, 6.07) is 18.0. The molecule has 1 unspecified atom stereocenters. The molecule has 1 atom stereocenters. The molecular formula is C27H32N2O3S. The van der Waals surface area contributed by atoms with Gasteiger partial charge in [-0.25, -0.2) is 0 Å². The molecule has 0 radical (unpaired) electrons. The molecule has 1 aliphatic rings. The van der Waals surface area contributed by atoms with Crippen LogP contribution >= 0.6 is 11.3 Å². The van der Waals surface area contributed by atoms with Crippen LogP contribution in [0, 0.1) is 12.8 Å². The summed E-state index contributed by atoms with van der Waals surface area (Å²) in [7, 11) is 1.65. The van der Waals surface area contributed by atoms with Crippen molar-refractivity contribution in [1.29, 1.82) is 0 Å². The summed E-state index contributed by atoms with van der Waals surface area (Å²) >= 11 is 1.66. The predicted octanol–water partition coefficient (Wildman–Crippen LogP) is 5.06. The zero-order chi connectivity index (χ0) is 23.0. The van der Waals surface area contributed by atoms with Gasteiger partial charge in [-0.15, -0.1) is 0 Å². The number of nitrogens with zero attached hydrogens (tertiary/aromatic N) is 1. The fourth-order valence-corrected chi connectivity index (χ4v) is 5.08. The molecule has 6 heteroatoms. The monoisotopic (exact) mass is 464 g/mol. The largest absolute Gasteiger partial charge is 0.493 e. The molecule has 0 bridgehead atoms. The Bertz CT molecular complexity index is 1030. The standard InChI is InChI=1S/C27H32N2O3S/c1-20-7-3-4-8-23(20)26(22-13-18-33-19-22)28-27(30)21-11-14-29(15-12-21)16-17-32-25-10-6-5-9-24(25)31-2/h3-10,13,18-19,21,26H,11-12,14-17H2,1-2H3,(H,28,30). The van der Waals surface area contributed by atoms with Gasteiger partial charge in [0.25, 0.3) is 0 Å². The number of thiophene rings is 1. The van der Waals surface area contributed by atoms with Gasteiger partial charge in [0.1, 0.15) is 6.61 Å². The lowest BCUT2D eigenvalue weighted by Crippen LogP contribution is -2.42. The molecule has 2 aromatic carbocycles. The Kier molecular flexibility index (Phi) is 8.02. The molecule has 174 valence electrons. The van der Waals surface area contributed by atoms with Crippen molar-refractivity contribution < 1.29 is 14.3 Å². The lowest BCUT2D eigenvalue weighted by molar-refractivity contribution is -0.127. The first-order chi connectivity index (χ1) is 16.2. The molecule has 33 heavy (non-hydrogen) atoms. The van der Waals surface area contributed by atoms with Crippen molar-refractivity contribution in [2.24, 2.45) is 5.92 Å². The van der Waals surface area contributed by atoms with Crippen molar-refractivity contribution >= 4 is 17.2 Å². The maximum atomic E-state index is 13.2. The molecule has 0 spiro atoms.